The van der Waals surface area contributed by atoms with Gasteiger partial charge in [0.25, 0.3) is 0 Å². The van der Waals surface area contributed by atoms with Crippen molar-refractivity contribution in [3.05, 3.63) is 35.9 Å². The van der Waals surface area contributed by atoms with Crippen LogP contribution in [0.5, 0.6) is 0 Å². The highest BCUT2D eigenvalue weighted by atomic mass is 16.5. The fraction of sp³-hybridized carbons (Fsp3) is 0.625. The number of benzene rings is 1. The molecule has 0 spiro atoms. The molecule has 0 heterocycles. The Bertz CT molecular complexity index is 297. The third kappa shape index (κ3) is 7.46. The number of ether oxygens (including phenoxy) is 1. The van der Waals surface area contributed by atoms with Gasteiger partial charge in [0.05, 0.1) is 6.61 Å². The van der Waals surface area contributed by atoms with Crippen LogP contribution in [0.25, 0.3) is 0 Å². The summed E-state index contributed by atoms with van der Waals surface area (Å²) in [5.41, 5.74) is 1.40. The van der Waals surface area contributed by atoms with Crippen molar-refractivity contribution in [1.29, 1.82) is 0 Å². The highest BCUT2D eigenvalue weighted by molar-refractivity contribution is 5.14. The standard InChI is InChI=1S/C16H27NO/c1-14(2)17-12-15(3)13-18-11-7-10-16-8-5-4-6-9-16/h4-6,8-9,14-15,17H,7,10-13H2,1-3H3. The first-order valence-corrected chi connectivity index (χ1v) is 7.03. The predicted octanol–water partition coefficient (Wildman–Crippen LogP) is 3.27. The van der Waals surface area contributed by atoms with Crippen molar-refractivity contribution in [1.82, 2.24) is 5.32 Å². The molecule has 1 unspecified atom stereocenters. The largest absolute Gasteiger partial charge is 0.381 e. The van der Waals surface area contributed by atoms with Crippen molar-refractivity contribution >= 4 is 0 Å². The van der Waals surface area contributed by atoms with Crippen molar-refractivity contribution in [3.63, 3.8) is 0 Å². The van der Waals surface area contributed by atoms with Crippen LogP contribution in [0.15, 0.2) is 30.3 Å². The molecule has 102 valence electrons. The molecule has 2 nitrogen and oxygen atoms in total. The summed E-state index contributed by atoms with van der Waals surface area (Å²) in [4.78, 5) is 0. The summed E-state index contributed by atoms with van der Waals surface area (Å²) in [5.74, 6) is 0.587. The van der Waals surface area contributed by atoms with Gasteiger partial charge in [-0.1, -0.05) is 51.1 Å². The molecule has 1 aromatic rings. The SMILES string of the molecule is CC(CNC(C)C)COCCCc1ccccc1. The third-order valence-electron chi connectivity index (χ3n) is 2.87. The monoisotopic (exact) mass is 249 g/mol. The van der Waals surface area contributed by atoms with E-state index in [9.17, 15) is 0 Å². The average Bonchev–Trinajstić information content (AvgIpc) is 2.37. The molecule has 0 aromatic heterocycles. The van der Waals surface area contributed by atoms with Crippen LogP contribution in [-0.4, -0.2) is 25.8 Å². The van der Waals surface area contributed by atoms with E-state index in [0.29, 0.717) is 12.0 Å². The van der Waals surface area contributed by atoms with Crippen LogP contribution < -0.4 is 5.32 Å². The van der Waals surface area contributed by atoms with Crippen LogP contribution >= 0.6 is 0 Å². The lowest BCUT2D eigenvalue weighted by atomic mass is 10.1. The lowest BCUT2D eigenvalue weighted by Crippen LogP contribution is -2.29. The van der Waals surface area contributed by atoms with E-state index in [2.05, 4.69) is 56.4 Å². The zero-order valence-electron chi connectivity index (χ0n) is 12.0. The summed E-state index contributed by atoms with van der Waals surface area (Å²) in [6.45, 7) is 9.33. The molecule has 0 aliphatic heterocycles. The van der Waals surface area contributed by atoms with Crippen LogP contribution in [0.4, 0.5) is 0 Å². The van der Waals surface area contributed by atoms with E-state index < -0.39 is 0 Å². The Morgan fingerprint density at radius 2 is 1.83 bits per heavy atom. The van der Waals surface area contributed by atoms with Gasteiger partial charge in [0, 0.05) is 19.2 Å². The first-order valence-electron chi connectivity index (χ1n) is 7.03. The van der Waals surface area contributed by atoms with Crippen LogP contribution in [0.3, 0.4) is 0 Å². The fourth-order valence-corrected chi connectivity index (χ4v) is 1.80. The summed E-state index contributed by atoms with van der Waals surface area (Å²) in [7, 11) is 0. The number of rotatable bonds is 9. The van der Waals surface area contributed by atoms with Crippen LogP contribution in [0.2, 0.25) is 0 Å². The van der Waals surface area contributed by atoms with Crippen LogP contribution in [0, 0.1) is 5.92 Å². The van der Waals surface area contributed by atoms with E-state index in [1.165, 1.54) is 5.56 Å². The molecule has 1 atom stereocenters. The molecule has 1 rings (SSSR count). The van der Waals surface area contributed by atoms with Gasteiger partial charge in [-0.3, -0.25) is 0 Å². The maximum Gasteiger partial charge on any atom is 0.0503 e. The van der Waals surface area contributed by atoms with Gasteiger partial charge >= 0.3 is 0 Å². The molecule has 0 saturated carbocycles. The van der Waals surface area contributed by atoms with Gasteiger partial charge in [-0.15, -0.1) is 0 Å². The molecule has 0 fully saturated rings. The van der Waals surface area contributed by atoms with E-state index in [-0.39, 0.29) is 0 Å². The molecule has 0 radical (unpaired) electrons. The number of hydrogen-bond donors (Lipinski definition) is 1. The van der Waals surface area contributed by atoms with Crippen LogP contribution in [-0.2, 0) is 11.2 Å². The first kappa shape index (κ1) is 15.2. The summed E-state index contributed by atoms with van der Waals surface area (Å²) in [6, 6.07) is 11.2. The molecule has 1 aromatic carbocycles. The van der Waals surface area contributed by atoms with E-state index in [1.54, 1.807) is 0 Å². The second-order valence-corrected chi connectivity index (χ2v) is 5.33. The normalized spacial score (nSPS) is 12.9. The molecular weight excluding hydrogens is 222 g/mol. The predicted molar refractivity (Wildman–Crippen MR) is 77.9 cm³/mol. The number of hydrogen-bond acceptors (Lipinski definition) is 2. The van der Waals surface area contributed by atoms with E-state index >= 15 is 0 Å². The lowest BCUT2D eigenvalue weighted by molar-refractivity contribution is 0.102. The highest BCUT2D eigenvalue weighted by Crippen LogP contribution is 2.03. The minimum absolute atomic E-state index is 0.561. The van der Waals surface area contributed by atoms with Crippen molar-refractivity contribution in [3.8, 4) is 0 Å². The summed E-state index contributed by atoms with van der Waals surface area (Å²) >= 11 is 0. The van der Waals surface area contributed by atoms with Crippen molar-refractivity contribution in [2.45, 2.75) is 39.7 Å². The molecule has 0 aliphatic rings. The van der Waals surface area contributed by atoms with Gasteiger partial charge in [-0.05, 0) is 24.3 Å². The quantitative estimate of drug-likeness (QED) is 0.678. The number of nitrogens with one attached hydrogen (secondary N) is 1. The Morgan fingerprint density at radius 3 is 2.50 bits per heavy atom. The maximum absolute atomic E-state index is 5.71. The molecule has 1 N–H and O–H groups in total. The van der Waals surface area contributed by atoms with E-state index in [0.717, 1.165) is 32.6 Å². The Hall–Kier alpha value is -0.860. The van der Waals surface area contributed by atoms with E-state index in [1.807, 2.05) is 0 Å². The lowest BCUT2D eigenvalue weighted by Gasteiger charge is -2.15. The molecule has 0 aliphatic carbocycles. The Kier molecular flexibility index (Phi) is 7.70. The molecular formula is C16H27NO. The average molecular weight is 249 g/mol. The summed E-state index contributed by atoms with van der Waals surface area (Å²) in [5, 5.41) is 3.43. The topological polar surface area (TPSA) is 21.3 Å². The molecule has 0 amide bonds. The second-order valence-electron chi connectivity index (χ2n) is 5.33. The minimum atomic E-state index is 0.561. The fourth-order valence-electron chi connectivity index (χ4n) is 1.80. The van der Waals surface area contributed by atoms with Gasteiger partial charge in [0.2, 0.25) is 0 Å². The van der Waals surface area contributed by atoms with Crippen molar-refractivity contribution in [2.24, 2.45) is 5.92 Å². The van der Waals surface area contributed by atoms with Gasteiger partial charge in [-0.25, -0.2) is 0 Å². The first-order chi connectivity index (χ1) is 8.68. The van der Waals surface area contributed by atoms with Gasteiger partial charge in [0.1, 0.15) is 0 Å². The smallest absolute Gasteiger partial charge is 0.0503 e. The van der Waals surface area contributed by atoms with Crippen LogP contribution in [0.1, 0.15) is 32.8 Å². The van der Waals surface area contributed by atoms with Gasteiger partial charge in [-0.2, -0.15) is 0 Å². The Balaban J connectivity index is 1.98. The minimum Gasteiger partial charge on any atom is -0.381 e. The zero-order chi connectivity index (χ0) is 13.2. The van der Waals surface area contributed by atoms with Crippen molar-refractivity contribution < 1.29 is 4.74 Å². The molecule has 0 saturated heterocycles. The zero-order valence-corrected chi connectivity index (χ0v) is 12.0. The molecule has 18 heavy (non-hydrogen) atoms. The molecule has 0 bridgehead atoms. The van der Waals surface area contributed by atoms with Gasteiger partial charge < -0.3 is 10.1 Å². The Labute approximate surface area is 112 Å². The van der Waals surface area contributed by atoms with Crippen molar-refractivity contribution in [2.75, 3.05) is 19.8 Å². The Morgan fingerprint density at radius 1 is 1.11 bits per heavy atom. The number of aryl methyl sites for hydroxylation is 1. The highest BCUT2D eigenvalue weighted by Gasteiger charge is 2.02. The summed E-state index contributed by atoms with van der Waals surface area (Å²) in [6.07, 6.45) is 2.22. The maximum atomic E-state index is 5.71. The van der Waals surface area contributed by atoms with Gasteiger partial charge in [0.15, 0.2) is 0 Å². The summed E-state index contributed by atoms with van der Waals surface area (Å²) < 4.78 is 5.71. The van der Waals surface area contributed by atoms with E-state index in [4.69, 9.17) is 4.74 Å². The second kappa shape index (κ2) is 9.12. The molecule has 2 heteroatoms. The third-order valence-corrected chi connectivity index (χ3v) is 2.87.